The van der Waals surface area contributed by atoms with Crippen LogP contribution in [0.5, 0.6) is 0 Å². The van der Waals surface area contributed by atoms with E-state index in [-0.39, 0.29) is 28.3 Å². The zero-order valence-electron chi connectivity index (χ0n) is 8.57. The number of hydrogen-bond acceptors (Lipinski definition) is 5. The Kier molecular flexibility index (Phi) is 2.66. The first kappa shape index (κ1) is 11.7. The van der Waals surface area contributed by atoms with Crippen molar-refractivity contribution in [3.8, 4) is 11.5 Å². The first-order valence-corrected chi connectivity index (χ1v) is 6.17. The van der Waals surface area contributed by atoms with Crippen LogP contribution in [-0.2, 0) is 4.57 Å². The lowest BCUT2D eigenvalue weighted by Crippen LogP contribution is -2.06. The highest BCUT2D eigenvalue weighted by molar-refractivity contribution is 7.60. The van der Waals surface area contributed by atoms with Gasteiger partial charge in [0.2, 0.25) is 0 Å². The van der Waals surface area contributed by atoms with E-state index in [0.717, 1.165) is 0 Å². The fourth-order valence-corrected chi connectivity index (χ4v) is 2.02. The molecule has 0 fully saturated rings. The van der Waals surface area contributed by atoms with Gasteiger partial charge in [-0.2, -0.15) is 0 Å². The third-order valence-electron chi connectivity index (χ3n) is 2.15. The number of pyridine rings is 1. The van der Waals surface area contributed by atoms with Crippen LogP contribution in [0.1, 0.15) is 0 Å². The molecule has 8 heteroatoms. The molecule has 0 unspecified atom stereocenters. The number of rotatable bonds is 2. The highest BCUT2D eigenvalue weighted by Gasteiger charge is 2.25. The van der Waals surface area contributed by atoms with E-state index >= 15 is 0 Å². The van der Waals surface area contributed by atoms with Crippen LogP contribution in [0, 0.1) is 0 Å². The first-order chi connectivity index (χ1) is 7.89. The monoisotopic (exact) mass is 255 g/mol. The average molecular weight is 255 g/mol. The van der Waals surface area contributed by atoms with Gasteiger partial charge in [0.25, 0.3) is 0 Å². The van der Waals surface area contributed by atoms with Gasteiger partial charge in [-0.15, -0.1) is 0 Å². The molecule has 2 heterocycles. The van der Waals surface area contributed by atoms with E-state index < -0.39 is 7.60 Å². The molecular weight excluding hydrogens is 245 g/mol. The summed E-state index contributed by atoms with van der Waals surface area (Å²) in [6, 6.07) is 4.16. The lowest BCUT2D eigenvalue weighted by Gasteiger charge is -2.05. The third kappa shape index (κ3) is 2.16. The maximum absolute atomic E-state index is 11.2. The molecule has 17 heavy (non-hydrogen) atoms. The lowest BCUT2D eigenvalue weighted by molar-refractivity contribution is 0.387. The van der Waals surface area contributed by atoms with Crippen molar-refractivity contribution in [2.75, 3.05) is 11.5 Å². The van der Waals surface area contributed by atoms with Gasteiger partial charge in [-0.3, -0.25) is 4.57 Å². The first-order valence-electron chi connectivity index (χ1n) is 4.55. The minimum atomic E-state index is -4.41. The molecule has 2 aromatic rings. The Morgan fingerprint density at radius 1 is 1.24 bits per heavy atom. The van der Waals surface area contributed by atoms with E-state index in [4.69, 9.17) is 25.7 Å². The molecule has 0 aliphatic rings. The van der Waals surface area contributed by atoms with Crippen molar-refractivity contribution < 1.29 is 18.8 Å². The van der Waals surface area contributed by atoms with E-state index in [9.17, 15) is 4.57 Å². The van der Waals surface area contributed by atoms with Crippen molar-refractivity contribution in [2.24, 2.45) is 0 Å². The highest BCUT2D eigenvalue weighted by Crippen LogP contribution is 2.38. The predicted octanol–water partition coefficient (Wildman–Crippen LogP) is 0.309. The number of anilines is 2. The second kappa shape index (κ2) is 3.89. The topological polar surface area (TPSA) is 136 Å². The summed E-state index contributed by atoms with van der Waals surface area (Å²) in [4.78, 5) is 22.1. The Morgan fingerprint density at radius 3 is 2.53 bits per heavy atom. The van der Waals surface area contributed by atoms with Gasteiger partial charge >= 0.3 is 7.60 Å². The molecule has 0 saturated heterocycles. The number of furan rings is 1. The van der Waals surface area contributed by atoms with Gasteiger partial charge in [0.05, 0.1) is 12.0 Å². The highest BCUT2D eigenvalue weighted by atomic mass is 31.2. The second-order valence-electron chi connectivity index (χ2n) is 3.35. The Bertz CT molecular complexity index is 604. The molecule has 90 valence electrons. The summed E-state index contributed by atoms with van der Waals surface area (Å²) in [5.74, 6) is 0.0700. The number of hydrogen-bond donors (Lipinski definition) is 4. The molecule has 0 radical (unpaired) electrons. The fraction of sp³-hybridized carbons (Fsp3) is 0. The Hall–Kier alpha value is -1.82. The largest absolute Gasteiger partial charge is 0.462 e. The molecule has 0 aliphatic carbocycles. The van der Waals surface area contributed by atoms with Crippen LogP contribution in [0.4, 0.5) is 11.5 Å². The van der Waals surface area contributed by atoms with Gasteiger partial charge in [-0.1, -0.05) is 0 Å². The van der Waals surface area contributed by atoms with Gasteiger partial charge in [0, 0.05) is 0 Å². The molecule has 2 aromatic heterocycles. The summed E-state index contributed by atoms with van der Waals surface area (Å²) in [5, 5.41) is -0.228. The maximum Gasteiger partial charge on any atom is 0.360 e. The molecular formula is C9H10N3O4P. The standard InChI is InChI=1S/C9H10N3O4P/c10-5-1-2-6(12-9(5)11)8-7(3-4-16-8)17(13,14)15/h1-4H,10H2,(H2,11,12)(H2,13,14,15). The van der Waals surface area contributed by atoms with Gasteiger partial charge in [-0.05, 0) is 18.2 Å². The van der Waals surface area contributed by atoms with Crippen LogP contribution < -0.4 is 16.8 Å². The molecule has 0 spiro atoms. The van der Waals surface area contributed by atoms with Crippen LogP contribution in [0.25, 0.3) is 11.5 Å². The molecule has 7 nitrogen and oxygen atoms in total. The molecule has 0 saturated carbocycles. The Morgan fingerprint density at radius 2 is 1.94 bits per heavy atom. The van der Waals surface area contributed by atoms with Crippen molar-refractivity contribution in [3.05, 3.63) is 24.5 Å². The normalized spacial score (nSPS) is 11.6. The third-order valence-corrected chi connectivity index (χ3v) is 3.13. The number of nitrogens with two attached hydrogens (primary N) is 2. The number of nitrogen functional groups attached to an aromatic ring is 2. The molecule has 0 amide bonds. The predicted molar refractivity (Wildman–Crippen MR) is 62.4 cm³/mol. The summed E-state index contributed by atoms with van der Waals surface area (Å²) in [6.07, 6.45) is 1.18. The molecule has 2 rings (SSSR count). The second-order valence-corrected chi connectivity index (χ2v) is 4.92. The summed E-state index contributed by atoms with van der Waals surface area (Å²) >= 11 is 0. The summed E-state index contributed by atoms with van der Waals surface area (Å²) < 4.78 is 16.2. The van der Waals surface area contributed by atoms with E-state index in [1.165, 1.54) is 24.5 Å². The lowest BCUT2D eigenvalue weighted by atomic mass is 10.2. The van der Waals surface area contributed by atoms with Gasteiger partial charge in [0.15, 0.2) is 5.76 Å². The van der Waals surface area contributed by atoms with E-state index in [1.807, 2.05) is 0 Å². The minimum absolute atomic E-state index is 0.00923. The van der Waals surface area contributed by atoms with Gasteiger partial charge in [-0.25, -0.2) is 4.98 Å². The average Bonchev–Trinajstić information content (AvgIpc) is 2.70. The van der Waals surface area contributed by atoms with Crippen molar-refractivity contribution >= 4 is 24.4 Å². The van der Waals surface area contributed by atoms with Crippen LogP contribution in [-0.4, -0.2) is 14.8 Å². The molecule has 0 aliphatic heterocycles. The van der Waals surface area contributed by atoms with Crippen molar-refractivity contribution in [1.82, 2.24) is 4.98 Å². The van der Waals surface area contributed by atoms with Crippen molar-refractivity contribution in [1.29, 1.82) is 0 Å². The summed E-state index contributed by atoms with van der Waals surface area (Å²) in [7, 11) is -4.41. The van der Waals surface area contributed by atoms with Crippen LogP contribution in [0.2, 0.25) is 0 Å². The Labute approximate surface area is 96.2 Å². The fourth-order valence-electron chi connectivity index (χ4n) is 1.34. The van der Waals surface area contributed by atoms with Crippen LogP contribution in [0.15, 0.2) is 28.9 Å². The smallest absolute Gasteiger partial charge is 0.360 e. The zero-order valence-corrected chi connectivity index (χ0v) is 9.46. The van der Waals surface area contributed by atoms with E-state index in [1.54, 1.807) is 0 Å². The van der Waals surface area contributed by atoms with Crippen LogP contribution in [0.3, 0.4) is 0 Å². The Balaban J connectivity index is 2.58. The maximum atomic E-state index is 11.2. The van der Waals surface area contributed by atoms with Gasteiger partial charge in [0.1, 0.15) is 16.8 Å². The number of nitrogens with zero attached hydrogens (tertiary/aromatic N) is 1. The summed E-state index contributed by atoms with van der Waals surface area (Å²) in [6.45, 7) is 0. The van der Waals surface area contributed by atoms with Crippen molar-refractivity contribution in [3.63, 3.8) is 0 Å². The van der Waals surface area contributed by atoms with E-state index in [0.29, 0.717) is 0 Å². The quantitative estimate of drug-likeness (QED) is 0.567. The molecule has 0 aromatic carbocycles. The van der Waals surface area contributed by atoms with Crippen LogP contribution >= 0.6 is 7.60 Å². The summed E-state index contributed by atoms with van der Waals surface area (Å²) in [5.41, 5.74) is 11.5. The van der Waals surface area contributed by atoms with Gasteiger partial charge < -0.3 is 25.7 Å². The van der Waals surface area contributed by atoms with E-state index in [2.05, 4.69) is 4.98 Å². The minimum Gasteiger partial charge on any atom is -0.462 e. The van der Waals surface area contributed by atoms with Crippen molar-refractivity contribution in [2.45, 2.75) is 0 Å². The zero-order chi connectivity index (χ0) is 12.6. The molecule has 0 bridgehead atoms. The molecule has 0 atom stereocenters. The SMILES string of the molecule is Nc1ccc(-c2occc2P(=O)(O)O)nc1N. The molecule has 6 N–H and O–H groups in total. The number of aromatic nitrogens is 1.